The Morgan fingerprint density at radius 2 is 1.73 bits per heavy atom. The molecule has 1 heterocycles. The van der Waals surface area contributed by atoms with Gasteiger partial charge in [-0.1, -0.05) is 48.0 Å². The molecule has 166 valence electrons. The van der Waals surface area contributed by atoms with Crippen molar-refractivity contribution in [3.8, 4) is 0 Å². The molecule has 5 nitrogen and oxygen atoms in total. The summed E-state index contributed by atoms with van der Waals surface area (Å²) in [6.07, 6.45) is 3.53. The number of hydrogen-bond donors (Lipinski definition) is 1. The first-order valence-electron chi connectivity index (χ1n) is 10.9. The van der Waals surface area contributed by atoms with E-state index in [0.717, 1.165) is 38.7 Å². The van der Waals surface area contributed by atoms with E-state index >= 15 is 0 Å². The van der Waals surface area contributed by atoms with Gasteiger partial charge in [0, 0.05) is 23.5 Å². The van der Waals surface area contributed by atoms with Gasteiger partial charge in [-0.15, -0.1) is 0 Å². The van der Waals surface area contributed by atoms with Crippen LogP contribution in [0.25, 0.3) is 10.8 Å². The van der Waals surface area contributed by atoms with Crippen LogP contribution in [0.4, 0.5) is 5.69 Å². The number of benzene rings is 3. The van der Waals surface area contributed by atoms with E-state index in [1.54, 1.807) is 18.5 Å². The summed E-state index contributed by atoms with van der Waals surface area (Å²) in [5.41, 5.74) is 5.09. The van der Waals surface area contributed by atoms with E-state index in [4.69, 9.17) is 4.74 Å². The monoisotopic (exact) mass is 438 g/mol. The minimum absolute atomic E-state index is 0.0857. The maximum Gasteiger partial charge on any atom is 0.338 e. The Hall–Kier alpha value is -3.99. The van der Waals surface area contributed by atoms with Gasteiger partial charge in [-0.2, -0.15) is 0 Å². The van der Waals surface area contributed by atoms with Crippen LogP contribution in [-0.2, 0) is 16.1 Å². The van der Waals surface area contributed by atoms with Crippen LogP contribution >= 0.6 is 0 Å². The number of hydrogen-bond acceptors (Lipinski definition) is 4. The fourth-order valence-corrected chi connectivity index (χ4v) is 3.73. The maximum atomic E-state index is 12.8. The Labute approximate surface area is 193 Å². The van der Waals surface area contributed by atoms with Crippen molar-refractivity contribution in [3.05, 3.63) is 107 Å². The highest BCUT2D eigenvalue weighted by atomic mass is 16.5. The summed E-state index contributed by atoms with van der Waals surface area (Å²) in [6.45, 7) is 5.94. The third kappa shape index (κ3) is 5.26. The molecule has 1 N–H and O–H groups in total. The molecule has 0 bridgehead atoms. The van der Waals surface area contributed by atoms with Crippen LogP contribution in [0.2, 0.25) is 0 Å². The highest BCUT2D eigenvalue weighted by Gasteiger charge is 2.16. The molecular weight excluding hydrogens is 412 g/mol. The summed E-state index contributed by atoms with van der Waals surface area (Å²) < 4.78 is 5.47. The molecule has 5 heteroatoms. The Balaban J connectivity index is 1.36. The van der Waals surface area contributed by atoms with E-state index in [-0.39, 0.29) is 24.4 Å². The predicted molar refractivity (Wildman–Crippen MR) is 130 cm³/mol. The molecule has 0 spiro atoms. The van der Waals surface area contributed by atoms with E-state index in [1.807, 2.05) is 81.4 Å². The molecule has 0 radical (unpaired) electrons. The molecule has 33 heavy (non-hydrogen) atoms. The summed E-state index contributed by atoms with van der Waals surface area (Å²) in [7, 11) is 0. The van der Waals surface area contributed by atoms with Gasteiger partial charge in [-0.25, -0.2) is 4.79 Å². The van der Waals surface area contributed by atoms with Gasteiger partial charge in [0.05, 0.1) is 11.5 Å². The molecule has 1 atom stereocenters. The van der Waals surface area contributed by atoms with Crippen LogP contribution in [0.3, 0.4) is 0 Å². The van der Waals surface area contributed by atoms with Crippen molar-refractivity contribution in [2.24, 2.45) is 0 Å². The van der Waals surface area contributed by atoms with Crippen molar-refractivity contribution in [1.82, 2.24) is 4.98 Å². The summed E-state index contributed by atoms with van der Waals surface area (Å²) in [5, 5.41) is 5.03. The first-order valence-corrected chi connectivity index (χ1v) is 10.9. The molecule has 3 aromatic carbocycles. The number of carbonyl (C=O) groups is 2. The summed E-state index contributed by atoms with van der Waals surface area (Å²) in [4.78, 5) is 29.3. The highest BCUT2D eigenvalue weighted by molar-refractivity contribution is 5.97. The average Bonchev–Trinajstić information content (AvgIpc) is 2.82. The number of esters is 1. The average molecular weight is 439 g/mol. The van der Waals surface area contributed by atoms with Gasteiger partial charge in [-0.3, -0.25) is 9.78 Å². The topological polar surface area (TPSA) is 68.3 Å². The lowest BCUT2D eigenvalue weighted by Gasteiger charge is -2.14. The van der Waals surface area contributed by atoms with Crippen LogP contribution in [0, 0.1) is 13.8 Å². The van der Waals surface area contributed by atoms with E-state index in [0.29, 0.717) is 5.56 Å². The van der Waals surface area contributed by atoms with Gasteiger partial charge in [-0.05, 0) is 67.1 Å². The Bertz CT molecular complexity index is 1310. The maximum absolute atomic E-state index is 12.8. The molecule has 0 aliphatic rings. The standard InChI is InChI=1S/C28H26N2O3/c1-18-4-11-26(19(2)14-18)28(32)33-17-21-5-7-22(8-6-21)20(3)27(31)30-25-10-9-24-16-29-13-12-23(24)15-25/h4-16,20H,17H2,1-3H3,(H,30,31)/t20-/m0/s1. The second kappa shape index (κ2) is 9.65. The number of anilines is 1. The number of aromatic nitrogens is 1. The van der Waals surface area contributed by atoms with Crippen molar-refractivity contribution in [2.45, 2.75) is 33.3 Å². The summed E-state index contributed by atoms with van der Waals surface area (Å²) >= 11 is 0. The second-order valence-corrected chi connectivity index (χ2v) is 8.28. The van der Waals surface area contributed by atoms with Crippen molar-refractivity contribution in [1.29, 1.82) is 0 Å². The first kappa shape index (κ1) is 22.2. The quantitative estimate of drug-likeness (QED) is 0.378. The fourth-order valence-electron chi connectivity index (χ4n) is 3.73. The first-order chi connectivity index (χ1) is 15.9. The van der Waals surface area contributed by atoms with Crippen molar-refractivity contribution >= 4 is 28.3 Å². The number of amides is 1. The van der Waals surface area contributed by atoms with Gasteiger partial charge in [0.15, 0.2) is 0 Å². The van der Waals surface area contributed by atoms with Gasteiger partial charge >= 0.3 is 5.97 Å². The molecule has 0 aliphatic carbocycles. The summed E-state index contributed by atoms with van der Waals surface area (Å²) in [5.74, 6) is -0.752. The van der Waals surface area contributed by atoms with Crippen molar-refractivity contribution < 1.29 is 14.3 Å². The van der Waals surface area contributed by atoms with Crippen LogP contribution in [-0.4, -0.2) is 16.9 Å². The number of rotatable bonds is 6. The minimum Gasteiger partial charge on any atom is -0.457 e. The summed E-state index contributed by atoms with van der Waals surface area (Å²) in [6, 6.07) is 20.9. The van der Waals surface area contributed by atoms with E-state index in [1.165, 1.54) is 0 Å². The zero-order valence-corrected chi connectivity index (χ0v) is 19.0. The molecule has 0 aliphatic heterocycles. The number of nitrogens with one attached hydrogen (secondary N) is 1. The molecule has 4 rings (SSSR count). The lowest BCUT2D eigenvalue weighted by atomic mass is 9.99. The number of nitrogens with zero attached hydrogens (tertiary/aromatic N) is 1. The Kier molecular flexibility index (Phi) is 6.50. The largest absolute Gasteiger partial charge is 0.457 e. The number of ether oxygens (including phenoxy) is 1. The molecule has 0 saturated heterocycles. The number of fused-ring (bicyclic) bond motifs is 1. The predicted octanol–water partition coefficient (Wildman–Crippen LogP) is 5.95. The van der Waals surface area contributed by atoms with E-state index < -0.39 is 0 Å². The molecule has 0 unspecified atom stereocenters. The molecule has 0 fully saturated rings. The lowest BCUT2D eigenvalue weighted by molar-refractivity contribution is -0.117. The van der Waals surface area contributed by atoms with E-state index in [9.17, 15) is 9.59 Å². The Morgan fingerprint density at radius 1 is 0.939 bits per heavy atom. The number of pyridine rings is 1. The lowest BCUT2D eigenvalue weighted by Crippen LogP contribution is -2.18. The van der Waals surface area contributed by atoms with Crippen LogP contribution in [0.5, 0.6) is 0 Å². The van der Waals surface area contributed by atoms with E-state index in [2.05, 4.69) is 10.3 Å². The van der Waals surface area contributed by atoms with Crippen LogP contribution < -0.4 is 5.32 Å². The third-order valence-electron chi connectivity index (χ3n) is 5.75. The molecule has 0 saturated carbocycles. The fraction of sp³-hybridized carbons (Fsp3) is 0.179. The second-order valence-electron chi connectivity index (χ2n) is 8.28. The zero-order chi connectivity index (χ0) is 23.4. The van der Waals surface area contributed by atoms with Crippen LogP contribution in [0.1, 0.15) is 45.5 Å². The zero-order valence-electron chi connectivity index (χ0n) is 19.0. The van der Waals surface area contributed by atoms with Gasteiger partial charge < -0.3 is 10.1 Å². The van der Waals surface area contributed by atoms with Gasteiger partial charge in [0.25, 0.3) is 0 Å². The van der Waals surface area contributed by atoms with Gasteiger partial charge in [0.1, 0.15) is 6.61 Å². The van der Waals surface area contributed by atoms with Crippen molar-refractivity contribution in [3.63, 3.8) is 0 Å². The van der Waals surface area contributed by atoms with Crippen LogP contribution in [0.15, 0.2) is 79.1 Å². The Morgan fingerprint density at radius 3 is 2.48 bits per heavy atom. The normalized spacial score (nSPS) is 11.7. The van der Waals surface area contributed by atoms with Gasteiger partial charge in [0.2, 0.25) is 5.91 Å². The van der Waals surface area contributed by atoms with Crippen molar-refractivity contribution in [2.75, 3.05) is 5.32 Å². The molecule has 1 aromatic heterocycles. The number of aryl methyl sites for hydroxylation is 2. The SMILES string of the molecule is Cc1ccc(C(=O)OCc2ccc([C@H](C)C(=O)Nc3ccc4cnccc4c3)cc2)c(C)c1. The minimum atomic E-state index is -0.338. The number of carbonyl (C=O) groups excluding carboxylic acids is 2. The smallest absolute Gasteiger partial charge is 0.338 e. The third-order valence-corrected chi connectivity index (χ3v) is 5.75. The molecular formula is C28H26N2O3. The molecule has 4 aromatic rings. The molecule has 1 amide bonds. The highest BCUT2D eigenvalue weighted by Crippen LogP contribution is 2.22.